The van der Waals surface area contributed by atoms with Gasteiger partial charge in [-0.25, -0.2) is 4.79 Å². The molecule has 1 amide bonds. The van der Waals surface area contributed by atoms with Crippen LogP contribution in [0.15, 0.2) is 22.7 Å². The second kappa shape index (κ2) is 7.13. The number of amides is 1. The molecule has 1 aromatic carbocycles. The standard InChI is InChI=1S/C12H15BrN2O3/c13-8-4-5-10(9(7-8)12(17)18)15-11(16)3-1-2-6-14/h4-5,7H,1-3,6,14H2,(H,15,16)(H,17,18). The van der Waals surface area contributed by atoms with Gasteiger partial charge in [0.15, 0.2) is 0 Å². The summed E-state index contributed by atoms with van der Waals surface area (Å²) in [6, 6.07) is 4.70. The van der Waals surface area contributed by atoms with E-state index in [1.165, 1.54) is 6.07 Å². The molecule has 98 valence electrons. The van der Waals surface area contributed by atoms with Crippen LogP contribution in [0.5, 0.6) is 0 Å². The van der Waals surface area contributed by atoms with E-state index in [9.17, 15) is 9.59 Å². The zero-order valence-electron chi connectivity index (χ0n) is 9.78. The SMILES string of the molecule is NCCCCC(=O)Nc1ccc(Br)cc1C(=O)O. The van der Waals surface area contributed by atoms with E-state index in [0.717, 1.165) is 6.42 Å². The summed E-state index contributed by atoms with van der Waals surface area (Å²) in [6.07, 6.45) is 1.81. The van der Waals surface area contributed by atoms with Crippen molar-refractivity contribution in [2.24, 2.45) is 5.73 Å². The number of anilines is 1. The summed E-state index contributed by atoms with van der Waals surface area (Å²) in [5.41, 5.74) is 5.71. The highest BCUT2D eigenvalue weighted by molar-refractivity contribution is 9.10. The summed E-state index contributed by atoms with van der Waals surface area (Å²) < 4.78 is 0.654. The molecule has 0 aliphatic rings. The molecule has 0 heterocycles. The largest absolute Gasteiger partial charge is 0.478 e. The molecule has 0 radical (unpaired) electrons. The highest BCUT2D eigenvalue weighted by Crippen LogP contribution is 2.21. The van der Waals surface area contributed by atoms with Crippen LogP contribution in [0.3, 0.4) is 0 Å². The van der Waals surface area contributed by atoms with Crippen molar-refractivity contribution < 1.29 is 14.7 Å². The molecule has 0 saturated carbocycles. The summed E-state index contributed by atoms with van der Waals surface area (Å²) >= 11 is 3.19. The average molecular weight is 315 g/mol. The van der Waals surface area contributed by atoms with E-state index >= 15 is 0 Å². The number of halogens is 1. The first-order chi connectivity index (χ1) is 8.54. The maximum Gasteiger partial charge on any atom is 0.337 e. The van der Waals surface area contributed by atoms with E-state index in [1.807, 2.05) is 0 Å². The molecule has 0 aromatic heterocycles. The maximum atomic E-state index is 11.6. The fourth-order valence-electron chi connectivity index (χ4n) is 1.45. The molecule has 0 aliphatic heterocycles. The van der Waals surface area contributed by atoms with Crippen LogP contribution >= 0.6 is 15.9 Å². The Labute approximate surface area is 113 Å². The average Bonchev–Trinajstić information content (AvgIpc) is 2.31. The Bertz CT molecular complexity index is 449. The van der Waals surface area contributed by atoms with Gasteiger partial charge in [0.1, 0.15) is 0 Å². The van der Waals surface area contributed by atoms with Gasteiger partial charge in [-0.15, -0.1) is 0 Å². The number of hydrogen-bond donors (Lipinski definition) is 3. The Morgan fingerprint density at radius 1 is 1.33 bits per heavy atom. The van der Waals surface area contributed by atoms with Crippen LogP contribution in [0, 0.1) is 0 Å². The van der Waals surface area contributed by atoms with Gasteiger partial charge in [-0.2, -0.15) is 0 Å². The van der Waals surface area contributed by atoms with E-state index in [1.54, 1.807) is 12.1 Å². The molecule has 4 N–H and O–H groups in total. The summed E-state index contributed by atoms with van der Waals surface area (Å²) in [5.74, 6) is -1.28. The molecule has 5 nitrogen and oxygen atoms in total. The molecule has 1 aromatic rings. The molecule has 0 saturated heterocycles. The highest BCUT2D eigenvalue weighted by atomic mass is 79.9. The molecule has 0 spiro atoms. The zero-order valence-corrected chi connectivity index (χ0v) is 11.4. The minimum Gasteiger partial charge on any atom is -0.478 e. The summed E-state index contributed by atoms with van der Waals surface area (Å²) in [4.78, 5) is 22.6. The van der Waals surface area contributed by atoms with Crippen LogP contribution in [0.25, 0.3) is 0 Å². The van der Waals surface area contributed by atoms with E-state index < -0.39 is 5.97 Å². The molecule has 0 fully saturated rings. The van der Waals surface area contributed by atoms with Crippen molar-refractivity contribution >= 4 is 33.5 Å². The van der Waals surface area contributed by atoms with Gasteiger partial charge < -0.3 is 16.2 Å². The van der Waals surface area contributed by atoms with Crippen LogP contribution < -0.4 is 11.1 Å². The predicted octanol–water partition coefficient (Wildman–Crippen LogP) is 2.21. The van der Waals surface area contributed by atoms with Gasteiger partial charge in [-0.05, 0) is 37.6 Å². The number of unbranched alkanes of at least 4 members (excludes halogenated alkanes) is 1. The first-order valence-corrected chi connectivity index (χ1v) is 6.36. The lowest BCUT2D eigenvalue weighted by molar-refractivity contribution is -0.116. The van der Waals surface area contributed by atoms with Crippen molar-refractivity contribution in [3.8, 4) is 0 Å². The number of aromatic carboxylic acids is 1. The van der Waals surface area contributed by atoms with Gasteiger partial charge >= 0.3 is 5.97 Å². The van der Waals surface area contributed by atoms with E-state index in [-0.39, 0.29) is 11.5 Å². The summed E-state index contributed by atoms with van der Waals surface area (Å²) in [7, 11) is 0. The summed E-state index contributed by atoms with van der Waals surface area (Å²) in [5, 5.41) is 11.6. The van der Waals surface area contributed by atoms with Crippen molar-refractivity contribution in [3.05, 3.63) is 28.2 Å². The second-order valence-electron chi connectivity index (χ2n) is 3.79. The maximum absolute atomic E-state index is 11.6. The monoisotopic (exact) mass is 314 g/mol. The molecule has 1 rings (SSSR count). The Hall–Kier alpha value is -1.40. The minimum atomic E-state index is -1.08. The Balaban J connectivity index is 2.72. The third-order valence-electron chi connectivity index (χ3n) is 2.34. The normalized spacial score (nSPS) is 10.1. The Kier molecular flexibility index (Phi) is 5.80. The van der Waals surface area contributed by atoms with Crippen LogP contribution in [0.4, 0.5) is 5.69 Å². The third-order valence-corrected chi connectivity index (χ3v) is 2.84. The van der Waals surface area contributed by atoms with Gasteiger partial charge in [0.05, 0.1) is 11.3 Å². The minimum absolute atomic E-state index is 0.0662. The molecule has 0 atom stereocenters. The lowest BCUT2D eigenvalue weighted by atomic mass is 10.1. The fraction of sp³-hybridized carbons (Fsp3) is 0.333. The van der Waals surface area contributed by atoms with Crippen molar-refractivity contribution in [1.82, 2.24) is 0 Å². The number of carboxylic acids is 1. The van der Waals surface area contributed by atoms with E-state index in [4.69, 9.17) is 10.8 Å². The first kappa shape index (κ1) is 14.7. The van der Waals surface area contributed by atoms with E-state index in [0.29, 0.717) is 29.5 Å². The molecular formula is C12H15BrN2O3. The van der Waals surface area contributed by atoms with Crippen molar-refractivity contribution in [1.29, 1.82) is 0 Å². The molecule has 0 unspecified atom stereocenters. The number of nitrogens with one attached hydrogen (secondary N) is 1. The van der Waals surface area contributed by atoms with Gasteiger partial charge in [0, 0.05) is 10.9 Å². The van der Waals surface area contributed by atoms with Crippen LogP contribution in [0.2, 0.25) is 0 Å². The number of benzene rings is 1. The number of hydrogen-bond acceptors (Lipinski definition) is 3. The van der Waals surface area contributed by atoms with Gasteiger partial charge in [-0.1, -0.05) is 15.9 Å². The summed E-state index contributed by atoms with van der Waals surface area (Å²) in [6.45, 7) is 0.548. The van der Waals surface area contributed by atoms with Gasteiger partial charge in [-0.3, -0.25) is 4.79 Å². The molecule has 6 heteroatoms. The lowest BCUT2D eigenvalue weighted by Crippen LogP contribution is -2.14. The van der Waals surface area contributed by atoms with Gasteiger partial charge in [0.25, 0.3) is 0 Å². The fourth-order valence-corrected chi connectivity index (χ4v) is 1.81. The predicted molar refractivity (Wildman–Crippen MR) is 72.6 cm³/mol. The number of carbonyl (C=O) groups excluding carboxylic acids is 1. The Morgan fingerprint density at radius 2 is 2.06 bits per heavy atom. The number of nitrogens with two attached hydrogens (primary N) is 1. The third kappa shape index (κ3) is 4.46. The Morgan fingerprint density at radius 3 is 2.67 bits per heavy atom. The zero-order chi connectivity index (χ0) is 13.5. The lowest BCUT2D eigenvalue weighted by Gasteiger charge is -2.08. The topological polar surface area (TPSA) is 92.4 Å². The van der Waals surface area contributed by atoms with Crippen LogP contribution in [-0.4, -0.2) is 23.5 Å². The first-order valence-electron chi connectivity index (χ1n) is 5.57. The van der Waals surface area contributed by atoms with Crippen molar-refractivity contribution in [3.63, 3.8) is 0 Å². The van der Waals surface area contributed by atoms with Crippen LogP contribution in [0.1, 0.15) is 29.6 Å². The van der Waals surface area contributed by atoms with Gasteiger partial charge in [0.2, 0.25) is 5.91 Å². The molecule has 18 heavy (non-hydrogen) atoms. The second-order valence-corrected chi connectivity index (χ2v) is 4.70. The molecular weight excluding hydrogens is 300 g/mol. The molecule has 0 aliphatic carbocycles. The smallest absolute Gasteiger partial charge is 0.337 e. The highest BCUT2D eigenvalue weighted by Gasteiger charge is 2.12. The van der Waals surface area contributed by atoms with Crippen molar-refractivity contribution in [2.75, 3.05) is 11.9 Å². The van der Waals surface area contributed by atoms with E-state index in [2.05, 4.69) is 21.2 Å². The van der Waals surface area contributed by atoms with Crippen LogP contribution in [-0.2, 0) is 4.79 Å². The van der Waals surface area contributed by atoms with Crippen molar-refractivity contribution in [2.45, 2.75) is 19.3 Å². The molecule has 0 bridgehead atoms. The quantitative estimate of drug-likeness (QED) is 0.702. The number of carbonyl (C=O) groups is 2. The number of rotatable bonds is 6. The number of carboxylic acid groups (broad SMARTS) is 1.